The van der Waals surface area contributed by atoms with Gasteiger partial charge in [0, 0.05) is 54.4 Å². The SMILES string of the molecule is Cc1ccnc([C@H]2CCN(Cc3cnc(-c4ccccc4)nc3)C2)n1. The van der Waals surface area contributed by atoms with E-state index in [1.165, 1.54) is 0 Å². The van der Waals surface area contributed by atoms with E-state index in [1.54, 1.807) is 0 Å². The van der Waals surface area contributed by atoms with Crippen LogP contribution in [0.5, 0.6) is 0 Å². The first-order valence-corrected chi connectivity index (χ1v) is 8.66. The van der Waals surface area contributed by atoms with Crippen molar-refractivity contribution in [2.45, 2.75) is 25.8 Å². The quantitative estimate of drug-likeness (QED) is 0.735. The minimum absolute atomic E-state index is 0.421. The van der Waals surface area contributed by atoms with Gasteiger partial charge >= 0.3 is 0 Å². The predicted molar refractivity (Wildman–Crippen MR) is 96.9 cm³/mol. The molecule has 1 fully saturated rings. The number of likely N-dealkylation sites (tertiary alicyclic amines) is 1. The van der Waals surface area contributed by atoms with Crippen LogP contribution in [0.1, 0.15) is 29.4 Å². The standard InChI is InChI=1S/C20H21N5/c1-15-7-9-21-20(24-15)18-8-10-25(14-18)13-16-11-22-19(23-12-16)17-5-3-2-4-6-17/h2-7,9,11-12,18H,8,10,13-14H2,1H3/t18-/m0/s1. The van der Waals surface area contributed by atoms with E-state index in [2.05, 4.69) is 24.8 Å². The van der Waals surface area contributed by atoms with Crippen molar-refractivity contribution in [3.05, 3.63) is 72.1 Å². The highest BCUT2D eigenvalue weighted by Crippen LogP contribution is 2.25. The van der Waals surface area contributed by atoms with Crippen LogP contribution in [0.2, 0.25) is 0 Å². The number of hydrogen-bond acceptors (Lipinski definition) is 5. The van der Waals surface area contributed by atoms with Gasteiger partial charge in [-0.3, -0.25) is 4.90 Å². The highest BCUT2D eigenvalue weighted by atomic mass is 15.2. The second-order valence-corrected chi connectivity index (χ2v) is 6.56. The van der Waals surface area contributed by atoms with Crippen molar-refractivity contribution in [3.63, 3.8) is 0 Å². The van der Waals surface area contributed by atoms with Crippen molar-refractivity contribution in [3.8, 4) is 11.4 Å². The average Bonchev–Trinajstić information content (AvgIpc) is 3.12. The van der Waals surface area contributed by atoms with Crippen LogP contribution < -0.4 is 0 Å². The minimum atomic E-state index is 0.421. The van der Waals surface area contributed by atoms with Crippen molar-refractivity contribution in [1.29, 1.82) is 0 Å². The first-order chi connectivity index (χ1) is 12.3. The largest absolute Gasteiger partial charge is 0.298 e. The number of aryl methyl sites for hydroxylation is 1. The summed E-state index contributed by atoms with van der Waals surface area (Å²) in [5.74, 6) is 2.17. The van der Waals surface area contributed by atoms with E-state index in [-0.39, 0.29) is 0 Å². The van der Waals surface area contributed by atoms with Crippen molar-refractivity contribution in [1.82, 2.24) is 24.8 Å². The molecule has 5 nitrogen and oxygen atoms in total. The van der Waals surface area contributed by atoms with E-state index in [0.29, 0.717) is 5.92 Å². The first-order valence-electron chi connectivity index (χ1n) is 8.66. The molecule has 1 atom stereocenters. The van der Waals surface area contributed by atoms with Crippen molar-refractivity contribution >= 4 is 0 Å². The van der Waals surface area contributed by atoms with Gasteiger partial charge in [-0.15, -0.1) is 0 Å². The zero-order chi connectivity index (χ0) is 17.1. The maximum atomic E-state index is 4.58. The van der Waals surface area contributed by atoms with Gasteiger partial charge in [0.2, 0.25) is 0 Å². The molecule has 1 saturated heterocycles. The van der Waals surface area contributed by atoms with Crippen molar-refractivity contribution in [2.75, 3.05) is 13.1 Å². The Hall–Kier alpha value is -2.66. The van der Waals surface area contributed by atoms with Crippen LogP contribution in [0, 0.1) is 6.92 Å². The molecule has 1 aliphatic heterocycles. The summed E-state index contributed by atoms with van der Waals surface area (Å²) in [6, 6.07) is 12.0. The molecule has 0 bridgehead atoms. The van der Waals surface area contributed by atoms with Gasteiger partial charge in [-0.2, -0.15) is 0 Å². The molecule has 2 aromatic heterocycles. The summed E-state index contributed by atoms with van der Waals surface area (Å²) in [7, 11) is 0. The summed E-state index contributed by atoms with van der Waals surface area (Å²) in [5.41, 5.74) is 3.23. The fourth-order valence-corrected chi connectivity index (χ4v) is 3.28. The molecule has 4 rings (SSSR count). The van der Waals surface area contributed by atoms with E-state index in [9.17, 15) is 0 Å². The van der Waals surface area contributed by atoms with E-state index in [0.717, 1.165) is 54.5 Å². The highest BCUT2D eigenvalue weighted by molar-refractivity contribution is 5.53. The second kappa shape index (κ2) is 7.07. The molecule has 0 amide bonds. The second-order valence-electron chi connectivity index (χ2n) is 6.56. The van der Waals surface area contributed by atoms with Gasteiger partial charge in [0.1, 0.15) is 5.82 Å². The Morgan fingerprint density at radius 3 is 2.60 bits per heavy atom. The summed E-state index contributed by atoms with van der Waals surface area (Å²) in [5, 5.41) is 0. The van der Waals surface area contributed by atoms with Crippen molar-refractivity contribution < 1.29 is 0 Å². The molecule has 3 aromatic rings. The van der Waals surface area contributed by atoms with E-state index in [4.69, 9.17) is 0 Å². The third-order valence-electron chi connectivity index (χ3n) is 4.59. The van der Waals surface area contributed by atoms with Crippen LogP contribution in [0.15, 0.2) is 55.0 Å². The molecular weight excluding hydrogens is 310 g/mol. The molecular formula is C20H21N5. The molecule has 0 saturated carbocycles. The summed E-state index contributed by atoms with van der Waals surface area (Å²) >= 11 is 0. The van der Waals surface area contributed by atoms with E-state index in [1.807, 2.05) is 61.9 Å². The lowest BCUT2D eigenvalue weighted by molar-refractivity contribution is 0.325. The van der Waals surface area contributed by atoms with Gasteiger partial charge in [-0.05, 0) is 26.0 Å². The van der Waals surface area contributed by atoms with Gasteiger partial charge in [-0.25, -0.2) is 19.9 Å². The smallest absolute Gasteiger partial charge is 0.159 e. The zero-order valence-corrected chi connectivity index (χ0v) is 14.3. The number of nitrogens with zero attached hydrogens (tertiary/aromatic N) is 5. The van der Waals surface area contributed by atoms with Gasteiger partial charge in [-0.1, -0.05) is 30.3 Å². The molecule has 0 N–H and O–H groups in total. The Bertz CT molecular complexity index is 832. The lowest BCUT2D eigenvalue weighted by Crippen LogP contribution is -2.20. The maximum Gasteiger partial charge on any atom is 0.159 e. The average molecular weight is 331 g/mol. The molecule has 25 heavy (non-hydrogen) atoms. The number of benzene rings is 1. The van der Waals surface area contributed by atoms with Gasteiger partial charge in [0.15, 0.2) is 5.82 Å². The third kappa shape index (κ3) is 3.72. The third-order valence-corrected chi connectivity index (χ3v) is 4.59. The van der Waals surface area contributed by atoms with Gasteiger partial charge in [0.25, 0.3) is 0 Å². The molecule has 0 unspecified atom stereocenters. The maximum absolute atomic E-state index is 4.58. The Kier molecular flexibility index (Phi) is 4.48. The van der Waals surface area contributed by atoms with E-state index < -0.39 is 0 Å². The van der Waals surface area contributed by atoms with E-state index >= 15 is 0 Å². The van der Waals surface area contributed by atoms with Crippen LogP contribution in [0.4, 0.5) is 0 Å². The predicted octanol–water partition coefficient (Wildman–Crippen LogP) is 3.23. The Balaban J connectivity index is 1.40. The van der Waals surface area contributed by atoms with Gasteiger partial charge in [0.05, 0.1) is 0 Å². The Morgan fingerprint density at radius 1 is 1.04 bits per heavy atom. The summed E-state index contributed by atoms with van der Waals surface area (Å²) in [6.07, 6.45) is 6.83. The molecule has 1 aromatic carbocycles. The summed E-state index contributed by atoms with van der Waals surface area (Å²) < 4.78 is 0. The Labute approximate surface area is 147 Å². The monoisotopic (exact) mass is 331 g/mol. The molecule has 1 aliphatic rings. The molecule has 0 spiro atoms. The lowest BCUT2D eigenvalue weighted by atomic mass is 10.1. The number of rotatable bonds is 4. The molecule has 126 valence electrons. The molecule has 0 radical (unpaired) electrons. The van der Waals surface area contributed by atoms with Crippen LogP contribution in [0.3, 0.4) is 0 Å². The number of hydrogen-bond donors (Lipinski definition) is 0. The normalized spacial score (nSPS) is 17.7. The Morgan fingerprint density at radius 2 is 1.84 bits per heavy atom. The first kappa shape index (κ1) is 15.8. The van der Waals surface area contributed by atoms with Crippen LogP contribution in [0.25, 0.3) is 11.4 Å². The van der Waals surface area contributed by atoms with Crippen LogP contribution in [-0.2, 0) is 6.54 Å². The highest BCUT2D eigenvalue weighted by Gasteiger charge is 2.26. The fraction of sp³-hybridized carbons (Fsp3) is 0.300. The fourth-order valence-electron chi connectivity index (χ4n) is 3.28. The topological polar surface area (TPSA) is 54.8 Å². The van der Waals surface area contributed by atoms with Gasteiger partial charge < -0.3 is 0 Å². The van der Waals surface area contributed by atoms with Crippen molar-refractivity contribution in [2.24, 2.45) is 0 Å². The summed E-state index contributed by atoms with van der Waals surface area (Å²) in [6.45, 7) is 4.94. The van der Waals surface area contributed by atoms with Crippen LogP contribution in [-0.4, -0.2) is 37.9 Å². The lowest BCUT2D eigenvalue weighted by Gasteiger charge is -2.15. The molecule has 3 heterocycles. The minimum Gasteiger partial charge on any atom is -0.298 e. The molecule has 0 aliphatic carbocycles. The zero-order valence-electron chi connectivity index (χ0n) is 14.3. The van der Waals surface area contributed by atoms with Crippen LogP contribution >= 0.6 is 0 Å². The summed E-state index contributed by atoms with van der Waals surface area (Å²) in [4.78, 5) is 20.5. The number of aromatic nitrogens is 4. The molecule has 5 heteroatoms.